The minimum Gasteiger partial charge on any atom is -0.497 e. The molecule has 0 bridgehead atoms. The molecule has 0 spiro atoms. The maximum Gasteiger partial charge on any atom is 0.209 e. The van der Waals surface area contributed by atoms with E-state index in [9.17, 15) is 0 Å². The fourth-order valence-electron chi connectivity index (χ4n) is 4.24. The molecule has 156 valence electrons. The minimum atomic E-state index is 0.399. The van der Waals surface area contributed by atoms with E-state index in [2.05, 4.69) is 60.6 Å². The first-order chi connectivity index (χ1) is 14.6. The van der Waals surface area contributed by atoms with Crippen LogP contribution >= 0.6 is 11.3 Å². The first-order valence-corrected chi connectivity index (χ1v) is 11.8. The number of ether oxygens (including phenoxy) is 1. The Labute approximate surface area is 183 Å². The van der Waals surface area contributed by atoms with Crippen molar-refractivity contribution in [3.8, 4) is 17.0 Å². The molecule has 1 saturated carbocycles. The molecule has 1 heterocycles. The average Bonchev–Trinajstić information content (AvgIpc) is 3.27. The summed E-state index contributed by atoms with van der Waals surface area (Å²) >= 11 is 1.58. The molecule has 30 heavy (non-hydrogen) atoms. The molecule has 4 rings (SSSR count). The maximum absolute atomic E-state index is 5.37. The van der Waals surface area contributed by atoms with Crippen LogP contribution in [0.3, 0.4) is 0 Å². The fourth-order valence-corrected chi connectivity index (χ4v) is 4.91. The van der Waals surface area contributed by atoms with E-state index < -0.39 is 0 Å². The van der Waals surface area contributed by atoms with Gasteiger partial charge in [-0.2, -0.15) is 0 Å². The Morgan fingerprint density at radius 3 is 2.53 bits per heavy atom. The van der Waals surface area contributed by atoms with Gasteiger partial charge in [0.2, 0.25) is 5.13 Å². The van der Waals surface area contributed by atoms with Crippen LogP contribution in [0.4, 0.5) is 5.13 Å². The topological polar surface area (TPSA) is 34.5 Å². The quantitative estimate of drug-likeness (QED) is 0.384. The molecule has 2 aromatic carbocycles. The molecular formula is C26H30N2OS. The van der Waals surface area contributed by atoms with Crippen LogP contribution in [-0.2, 0) is 0 Å². The van der Waals surface area contributed by atoms with E-state index in [1.165, 1.54) is 48.8 Å². The van der Waals surface area contributed by atoms with Crippen molar-refractivity contribution in [1.82, 2.24) is 4.98 Å². The van der Waals surface area contributed by atoms with E-state index >= 15 is 0 Å². The molecule has 4 heteroatoms. The Hall–Kier alpha value is -2.46. The van der Waals surface area contributed by atoms with Crippen LogP contribution in [0.1, 0.15) is 74.5 Å². The molecule has 3 aromatic rings. The molecule has 1 aliphatic rings. The van der Waals surface area contributed by atoms with Gasteiger partial charge in [0, 0.05) is 17.2 Å². The highest BCUT2D eigenvalue weighted by Gasteiger charge is 2.15. The zero-order chi connectivity index (χ0) is 20.9. The lowest BCUT2D eigenvalue weighted by molar-refractivity contribution is 0.414. The summed E-state index contributed by atoms with van der Waals surface area (Å²) in [7, 11) is 1.70. The molecule has 0 amide bonds. The Bertz CT molecular complexity index is 998. The molecule has 3 nitrogen and oxygen atoms in total. The van der Waals surface area contributed by atoms with Gasteiger partial charge in [-0.3, -0.25) is 0 Å². The summed E-state index contributed by atoms with van der Waals surface area (Å²) < 4.78 is 5.37. The van der Waals surface area contributed by atoms with Crippen molar-refractivity contribution in [1.29, 1.82) is 0 Å². The van der Waals surface area contributed by atoms with Crippen LogP contribution in [-0.4, -0.2) is 18.3 Å². The SMILES string of the molecule is COc1ccc(C=Nc2nc(-c3ccc(C4CCCCC4)cc3)cs2)c(C(C)C)c1. The highest BCUT2D eigenvalue weighted by Crippen LogP contribution is 2.34. The summed E-state index contributed by atoms with van der Waals surface area (Å²) in [6.45, 7) is 4.37. The molecule has 0 saturated heterocycles. The van der Waals surface area contributed by atoms with Gasteiger partial charge in [-0.1, -0.05) is 57.4 Å². The zero-order valence-corrected chi connectivity index (χ0v) is 18.9. The normalized spacial score (nSPS) is 15.2. The van der Waals surface area contributed by atoms with E-state index in [0.717, 1.165) is 28.1 Å². The average molecular weight is 419 g/mol. The number of benzene rings is 2. The zero-order valence-electron chi connectivity index (χ0n) is 18.1. The number of aliphatic imine (C=N–C) groups is 1. The van der Waals surface area contributed by atoms with Crippen LogP contribution in [0.25, 0.3) is 11.3 Å². The lowest BCUT2D eigenvalue weighted by Gasteiger charge is -2.22. The second-order valence-electron chi connectivity index (χ2n) is 8.38. The molecule has 0 aliphatic heterocycles. The van der Waals surface area contributed by atoms with Gasteiger partial charge in [-0.05, 0) is 59.6 Å². The summed E-state index contributed by atoms with van der Waals surface area (Å²) in [6, 6.07) is 15.1. The predicted octanol–water partition coefficient (Wildman–Crippen LogP) is 7.74. The second-order valence-corrected chi connectivity index (χ2v) is 9.22. The van der Waals surface area contributed by atoms with Gasteiger partial charge in [0.15, 0.2) is 0 Å². The van der Waals surface area contributed by atoms with E-state index in [1.807, 2.05) is 12.3 Å². The van der Waals surface area contributed by atoms with Crippen molar-refractivity contribution in [2.24, 2.45) is 4.99 Å². The third-order valence-electron chi connectivity index (χ3n) is 6.01. The summed E-state index contributed by atoms with van der Waals surface area (Å²) in [5, 5.41) is 2.88. The first kappa shape index (κ1) is 20.8. The molecule has 0 unspecified atom stereocenters. The third kappa shape index (κ3) is 4.81. The van der Waals surface area contributed by atoms with Crippen LogP contribution in [0.5, 0.6) is 5.75 Å². The van der Waals surface area contributed by atoms with E-state index in [4.69, 9.17) is 9.72 Å². The standard InChI is InChI=1S/C26H30N2OS/c1-18(2)24-15-23(29-3)14-13-22(24)16-27-26-28-25(17-30-26)21-11-9-20(10-12-21)19-7-5-4-6-8-19/h9-19H,4-8H2,1-3H3. The summed E-state index contributed by atoms with van der Waals surface area (Å²) in [5.41, 5.74) is 5.99. The van der Waals surface area contributed by atoms with Crippen molar-refractivity contribution in [2.45, 2.75) is 57.8 Å². The van der Waals surface area contributed by atoms with Crippen molar-refractivity contribution in [3.05, 3.63) is 64.5 Å². The number of hydrogen-bond donors (Lipinski definition) is 0. The molecule has 0 N–H and O–H groups in total. The van der Waals surface area contributed by atoms with Crippen molar-refractivity contribution >= 4 is 22.7 Å². The van der Waals surface area contributed by atoms with Crippen LogP contribution in [0.15, 0.2) is 52.8 Å². The highest BCUT2D eigenvalue weighted by atomic mass is 32.1. The van der Waals surface area contributed by atoms with E-state index in [1.54, 1.807) is 18.4 Å². The number of hydrogen-bond acceptors (Lipinski definition) is 4. The number of thiazole rings is 1. The Morgan fingerprint density at radius 1 is 1.07 bits per heavy atom. The highest BCUT2D eigenvalue weighted by molar-refractivity contribution is 7.13. The molecular weight excluding hydrogens is 388 g/mol. The number of rotatable bonds is 6. The maximum atomic E-state index is 5.37. The summed E-state index contributed by atoms with van der Waals surface area (Å²) in [6.07, 6.45) is 8.71. The number of aromatic nitrogens is 1. The largest absolute Gasteiger partial charge is 0.497 e. The lowest BCUT2D eigenvalue weighted by Crippen LogP contribution is -2.04. The smallest absolute Gasteiger partial charge is 0.209 e. The molecule has 1 aromatic heterocycles. The van der Waals surface area contributed by atoms with Crippen LogP contribution in [0, 0.1) is 0 Å². The van der Waals surface area contributed by atoms with Gasteiger partial charge in [0.1, 0.15) is 5.75 Å². The van der Waals surface area contributed by atoms with Gasteiger partial charge < -0.3 is 4.74 Å². The monoisotopic (exact) mass is 418 g/mol. The Balaban J connectivity index is 1.49. The van der Waals surface area contributed by atoms with Gasteiger partial charge in [-0.15, -0.1) is 11.3 Å². The van der Waals surface area contributed by atoms with Gasteiger partial charge in [0.05, 0.1) is 12.8 Å². The number of methoxy groups -OCH3 is 1. The van der Waals surface area contributed by atoms with E-state index in [0.29, 0.717) is 5.92 Å². The van der Waals surface area contributed by atoms with Gasteiger partial charge >= 0.3 is 0 Å². The van der Waals surface area contributed by atoms with Crippen molar-refractivity contribution < 1.29 is 4.74 Å². The fraction of sp³-hybridized carbons (Fsp3) is 0.385. The molecule has 1 aliphatic carbocycles. The summed E-state index contributed by atoms with van der Waals surface area (Å²) in [4.78, 5) is 9.40. The summed E-state index contributed by atoms with van der Waals surface area (Å²) in [5.74, 6) is 2.02. The van der Waals surface area contributed by atoms with Gasteiger partial charge in [-0.25, -0.2) is 9.98 Å². The number of nitrogens with zero attached hydrogens (tertiary/aromatic N) is 2. The Kier molecular flexibility index (Phi) is 6.63. The lowest BCUT2D eigenvalue weighted by atomic mass is 9.84. The third-order valence-corrected chi connectivity index (χ3v) is 6.75. The van der Waals surface area contributed by atoms with Crippen molar-refractivity contribution in [3.63, 3.8) is 0 Å². The van der Waals surface area contributed by atoms with E-state index in [-0.39, 0.29) is 0 Å². The minimum absolute atomic E-state index is 0.399. The Morgan fingerprint density at radius 2 is 1.83 bits per heavy atom. The first-order valence-electron chi connectivity index (χ1n) is 10.9. The molecule has 1 fully saturated rings. The molecule has 0 atom stereocenters. The van der Waals surface area contributed by atoms with Gasteiger partial charge in [0.25, 0.3) is 0 Å². The second kappa shape index (κ2) is 9.57. The van der Waals surface area contributed by atoms with Crippen LogP contribution in [0.2, 0.25) is 0 Å². The molecule has 0 radical (unpaired) electrons. The van der Waals surface area contributed by atoms with Crippen LogP contribution < -0.4 is 4.74 Å². The van der Waals surface area contributed by atoms with Crippen molar-refractivity contribution in [2.75, 3.05) is 7.11 Å². The predicted molar refractivity (Wildman–Crippen MR) is 128 cm³/mol.